The Balaban J connectivity index is 1.72. The zero-order valence-corrected chi connectivity index (χ0v) is 10.9. The van der Waals surface area contributed by atoms with Gasteiger partial charge in [-0.3, -0.25) is 0 Å². The first-order valence-electron chi connectivity index (χ1n) is 5.12. The molecular formula is C11H16BrNS. The quantitative estimate of drug-likeness (QED) is 0.880. The molecule has 14 heavy (non-hydrogen) atoms. The number of rotatable bonds is 4. The second kappa shape index (κ2) is 4.33. The van der Waals surface area contributed by atoms with Crippen LogP contribution >= 0.6 is 27.3 Å². The predicted octanol–water partition coefficient (Wildman–Crippen LogP) is 3.79. The standard InChI is InChI=1S/C11H16BrNS/c1-11(3-2-4-11)8-13-6-10-5-9(12)7-14-10/h5,7,13H,2-4,6,8H2,1H3. The highest BCUT2D eigenvalue weighted by atomic mass is 79.9. The summed E-state index contributed by atoms with van der Waals surface area (Å²) in [5.41, 5.74) is 0.592. The van der Waals surface area contributed by atoms with Crippen molar-refractivity contribution in [3.05, 3.63) is 20.8 Å². The maximum atomic E-state index is 3.55. The highest BCUT2D eigenvalue weighted by molar-refractivity contribution is 9.10. The molecule has 0 spiro atoms. The predicted molar refractivity (Wildman–Crippen MR) is 65.7 cm³/mol. The van der Waals surface area contributed by atoms with Crippen molar-refractivity contribution >= 4 is 27.3 Å². The first-order valence-corrected chi connectivity index (χ1v) is 6.79. The molecule has 1 aromatic heterocycles. The maximum absolute atomic E-state index is 3.55. The molecule has 0 amide bonds. The lowest BCUT2D eigenvalue weighted by molar-refractivity contribution is 0.156. The third-order valence-electron chi connectivity index (χ3n) is 3.03. The third kappa shape index (κ3) is 2.59. The Morgan fingerprint density at radius 2 is 2.36 bits per heavy atom. The molecule has 1 aromatic rings. The van der Waals surface area contributed by atoms with Crippen molar-refractivity contribution in [3.8, 4) is 0 Å². The van der Waals surface area contributed by atoms with E-state index in [2.05, 4.69) is 39.6 Å². The number of hydrogen-bond donors (Lipinski definition) is 1. The van der Waals surface area contributed by atoms with E-state index < -0.39 is 0 Å². The molecule has 0 unspecified atom stereocenters. The highest BCUT2D eigenvalue weighted by Gasteiger charge is 2.30. The molecule has 1 aliphatic carbocycles. The fraction of sp³-hybridized carbons (Fsp3) is 0.636. The van der Waals surface area contributed by atoms with Gasteiger partial charge in [0.25, 0.3) is 0 Å². The van der Waals surface area contributed by atoms with Gasteiger partial charge in [-0.15, -0.1) is 11.3 Å². The van der Waals surface area contributed by atoms with Gasteiger partial charge in [0.15, 0.2) is 0 Å². The fourth-order valence-electron chi connectivity index (χ4n) is 1.89. The van der Waals surface area contributed by atoms with E-state index >= 15 is 0 Å². The Kier molecular flexibility index (Phi) is 3.30. The van der Waals surface area contributed by atoms with Crippen LogP contribution in [0, 0.1) is 5.41 Å². The Bertz CT molecular complexity index is 304. The second-order valence-electron chi connectivity index (χ2n) is 4.50. The van der Waals surface area contributed by atoms with Gasteiger partial charge in [0.05, 0.1) is 0 Å². The van der Waals surface area contributed by atoms with Crippen LogP contribution in [0.1, 0.15) is 31.1 Å². The molecule has 0 aliphatic heterocycles. The summed E-state index contributed by atoms with van der Waals surface area (Å²) in [7, 11) is 0. The largest absolute Gasteiger partial charge is 0.311 e. The van der Waals surface area contributed by atoms with Gasteiger partial charge in [-0.05, 0) is 40.3 Å². The van der Waals surface area contributed by atoms with Gasteiger partial charge in [-0.2, -0.15) is 0 Å². The SMILES string of the molecule is CC1(CNCc2cc(Br)cs2)CCC1. The van der Waals surface area contributed by atoms with Crippen molar-refractivity contribution in [2.24, 2.45) is 5.41 Å². The van der Waals surface area contributed by atoms with Gasteiger partial charge in [0.2, 0.25) is 0 Å². The normalized spacial score (nSPS) is 19.3. The van der Waals surface area contributed by atoms with Crippen LogP contribution in [0.3, 0.4) is 0 Å². The molecule has 1 fully saturated rings. The molecule has 3 heteroatoms. The summed E-state index contributed by atoms with van der Waals surface area (Å²) in [6.45, 7) is 4.57. The zero-order valence-electron chi connectivity index (χ0n) is 8.48. The fourth-order valence-corrected chi connectivity index (χ4v) is 3.31. The lowest BCUT2D eigenvalue weighted by Crippen LogP contribution is -2.36. The number of nitrogens with one attached hydrogen (secondary N) is 1. The summed E-state index contributed by atoms with van der Waals surface area (Å²) < 4.78 is 1.20. The molecule has 0 radical (unpaired) electrons. The van der Waals surface area contributed by atoms with Crippen LogP contribution in [0.15, 0.2) is 15.9 Å². The van der Waals surface area contributed by atoms with Gasteiger partial charge in [0, 0.05) is 27.8 Å². The third-order valence-corrected chi connectivity index (χ3v) is 4.73. The topological polar surface area (TPSA) is 12.0 Å². The van der Waals surface area contributed by atoms with Crippen molar-refractivity contribution in [1.82, 2.24) is 5.32 Å². The van der Waals surface area contributed by atoms with Crippen LogP contribution in [-0.2, 0) is 6.54 Å². The molecule has 2 rings (SSSR count). The lowest BCUT2D eigenvalue weighted by atomic mass is 9.70. The van der Waals surface area contributed by atoms with Crippen LogP contribution in [0.4, 0.5) is 0 Å². The van der Waals surface area contributed by atoms with E-state index in [4.69, 9.17) is 0 Å². The van der Waals surface area contributed by atoms with Crippen molar-refractivity contribution < 1.29 is 0 Å². The van der Waals surface area contributed by atoms with Crippen molar-refractivity contribution in [1.29, 1.82) is 0 Å². The van der Waals surface area contributed by atoms with Crippen molar-refractivity contribution in [3.63, 3.8) is 0 Å². The van der Waals surface area contributed by atoms with E-state index in [9.17, 15) is 0 Å². The van der Waals surface area contributed by atoms with Crippen molar-refractivity contribution in [2.75, 3.05) is 6.54 Å². The Morgan fingerprint density at radius 3 is 2.86 bits per heavy atom. The first kappa shape index (κ1) is 10.7. The maximum Gasteiger partial charge on any atom is 0.0300 e. The van der Waals surface area contributed by atoms with Gasteiger partial charge < -0.3 is 5.32 Å². The van der Waals surface area contributed by atoms with Gasteiger partial charge >= 0.3 is 0 Å². The second-order valence-corrected chi connectivity index (χ2v) is 6.41. The van der Waals surface area contributed by atoms with Crippen LogP contribution in [-0.4, -0.2) is 6.54 Å². The minimum Gasteiger partial charge on any atom is -0.311 e. The summed E-state index contributed by atoms with van der Waals surface area (Å²) in [5, 5.41) is 5.69. The van der Waals surface area contributed by atoms with E-state index in [0.717, 1.165) is 6.54 Å². The zero-order chi connectivity index (χ0) is 10.0. The van der Waals surface area contributed by atoms with Gasteiger partial charge in [-0.25, -0.2) is 0 Å². The molecule has 0 bridgehead atoms. The molecule has 1 saturated carbocycles. The summed E-state index contributed by atoms with van der Waals surface area (Å²) in [4.78, 5) is 1.42. The molecule has 1 heterocycles. The van der Waals surface area contributed by atoms with Crippen LogP contribution in [0.5, 0.6) is 0 Å². The summed E-state index contributed by atoms with van der Waals surface area (Å²) >= 11 is 5.29. The van der Waals surface area contributed by atoms with E-state index in [1.54, 1.807) is 0 Å². The molecule has 1 aliphatic rings. The highest BCUT2D eigenvalue weighted by Crippen LogP contribution is 2.39. The van der Waals surface area contributed by atoms with E-state index in [1.807, 2.05) is 11.3 Å². The van der Waals surface area contributed by atoms with Crippen LogP contribution < -0.4 is 5.32 Å². The molecular weight excluding hydrogens is 258 g/mol. The minimum atomic E-state index is 0.592. The Labute approximate surface area is 98.0 Å². The molecule has 1 nitrogen and oxygen atoms in total. The van der Waals surface area contributed by atoms with E-state index in [-0.39, 0.29) is 0 Å². The first-order chi connectivity index (χ1) is 6.68. The minimum absolute atomic E-state index is 0.592. The Hall–Kier alpha value is 0.140. The molecule has 0 aromatic carbocycles. The number of halogens is 1. The molecule has 78 valence electrons. The number of thiophene rings is 1. The number of hydrogen-bond acceptors (Lipinski definition) is 2. The van der Waals surface area contributed by atoms with Crippen LogP contribution in [0.2, 0.25) is 0 Å². The smallest absolute Gasteiger partial charge is 0.0300 e. The summed E-state index contributed by atoms with van der Waals surface area (Å²) in [6, 6.07) is 2.20. The molecule has 1 N–H and O–H groups in total. The van der Waals surface area contributed by atoms with Crippen LogP contribution in [0.25, 0.3) is 0 Å². The summed E-state index contributed by atoms with van der Waals surface area (Å²) in [6.07, 6.45) is 4.21. The Morgan fingerprint density at radius 1 is 1.57 bits per heavy atom. The average molecular weight is 274 g/mol. The summed E-state index contributed by atoms with van der Waals surface area (Å²) in [5.74, 6) is 0. The average Bonchev–Trinajstić information content (AvgIpc) is 2.49. The lowest BCUT2D eigenvalue weighted by Gasteiger charge is -2.38. The molecule has 0 atom stereocenters. The van der Waals surface area contributed by atoms with E-state index in [1.165, 1.54) is 35.2 Å². The van der Waals surface area contributed by atoms with E-state index in [0.29, 0.717) is 5.41 Å². The van der Waals surface area contributed by atoms with Gasteiger partial charge in [0.1, 0.15) is 0 Å². The van der Waals surface area contributed by atoms with Gasteiger partial charge in [-0.1, -0.05) is 13.3 Å². The van der Waals surface area contributed by atoms with Crippen molar-refractivity contribution in [2.45, 2.75) is 32.7 Å². The monoisotopic (exact) mass is 273 g/mol. The molecule has 0 saturated heterocycles.